The Hall–Kier alpha value is -0.000649. The van der Waals surface area contributed by atoms with Crippen LogP contribution >= 0.6 is 0 Å². The third-order valence-electron chi connectivity index (χ3n) is 2.90. The van der Waals surface area contributed by atoms with Crippen molar-refractivity contribution < 1.29 is 36.4 Å². The first-order chi connectivity index (χ1) is 6.89. The summed E-state index contributed by atoms with van der Waals surface area (Å²) in [5.74, 6) is 0. The van der Waals surface area contributed by atoms with Crippen LogP contribution in [0.15, 0.2) is 20.8 Å². The molecular formula is C10H17IrO4S. The smallest absolute Gasteiger partial charge is 0.264 e. The fraction of sp³-hybridized carbons (Fsp3) is 0.600. The summed E-state index contributed by atoms with van der Waals surface area (Å²) in [6.07, 6.45) is 0. The molecule has 0 aromatic heterocycles. The van der Waals surface area contributed by atoms with E-state index >= 15 is 0 Å². The third-order valence-corrected chi connectivity index (χ3v) is 5.29. The molecule has 0 fully saturated rings. The van der Waals surface area contributed by atoms with Gasteiger partial charge in [0.05, 0.1) is 0 Å². The maximum atomic E-state index is 8.74. The molecule has 0 saturated carbocycles. The van der Waals surface area contributed by atoms with Gasteiger partial charge in [0.25, 0.3) is 0 Å². The van der Waals surface area contributed by atoms with Gasteiger partial charge in [-0.25, -0.2) is 0 Å². The average molecular weight is 426 g/mol. The summed E-state index contributed by atoms with van der Waals surface area (Å²) in [6.45, 7) is 11.3. The molecule has 16 heavy (non-hydrogen) atoms. The molecule has 96 valence electrons. The van der Waals surface area contributed by atoms with Gasteiger partial charge in [-0.2, -0.15) is 8.42 Å². The van der Waals surface area contributed by atoms with Crippen molar-refractivity contribution >= 4 is 10.4 Å². The molecule has 0 radical (unpaired) electrons. The van der Waals surface area contributed by atoms with Crippen LogP contribution in [0.4, 0.5) is 0 Å². The van der Waals surface area contributed by atoms with Crippen LogP contribution in [0.2, 0.25) is 0 Å². The van der Waals surface area contributed by atoms with Crippen LogP contribution in [-0.2, 0) is 29.3 Å². The molecule has 1 rings (SSSR count). The molecule has 0 amide bonds. The van der Waals surface area contributed by atoms with Crippen LogP contribution in [0.3, 0.4) is 0 Å². The molecule has 0 spiro atoms. The fourth-order valence-corrected chi connectivity index (χ4v) is 2.43. The van der Waals surface area contributed by atoms with Gasteiger partial charge in [-0.3, -0.25) is 9.11 Å². The molecular weight excluding hydrogens is 408 g/mol. The van der Waals surface area contributed by atoms with Crippen molar-refractivity contribution in [2.75, 3.05) is 0 Å². The van der Waals surface area contributed by atoms with Crippen LogP contribution in [0, 0.1) is 5.41 Å². The summed E-state index contributed by atoms with van der Waals surface area (Å²) < 4.78 is 33.1. The van der Waals surface area contributed by atoms with Crippen LogP contribution < -0.4 is 0 Å². The summed E-state index contributed by atoms with van der Waals surface area (Å²) in [5, 5.41) is 0. The van der Waals surface area contributed by atoms with Crippen LogP contribution in [0.25, 0.3) is 0 Å². The summed E-state index contributed by atoms with van der Waals surface area (Å²) in [4.78, 5) is 0. The number of rotatable bonds is 0. The Morgan fingerprint density at radius 2 is 1.38 bits per heavy atom. The first-order valence-corrected chi connectivity index (χ1v) is 7.21. The van der Waals surface area contributed by atoms with Gasteiger partial charge < -0.3 is 0 Å². The number of hydrogen-bond acceptors (Lipinski definition) is 2. The molecule has 1 aliphatic carbocycles. The summed E-state index contributed by atoms with van der Waals surface area (Å²) in [5.41, 5.74) is 4.83. The molecule has 0 bridgehead atoms. The van der Waals surface area contributed by atoms with Gasteiger partial charge in [0, 0.05) is 0 Å². The quantitative estimate of drug-likeness (QED) is 0.585. The van der Waals surface area contributed by atoms with E-state index in [1.54, 1.807) is 0 Å². The van der Waals surface area contributed by atoms with E-state index in [-0.39, 0.29) is 0 Å². The number of allylic oxidation sites excluding steroid dienone is 4. The molecule has 0 saturated heterocycles. The minimum atomic E-state index is -4.67. The van der Waals surface area contributed by atoms with Gasteiger partial charge in [0.15, 0.2) is 0 Å². The second-order valence-electron chi connectivity index (χ2n) is 4.24. The van der Waals surface area contributed by atoms with E-state index in [1.807, 2.05) is 0 Å². The summed E-state index contributed by atoms with van der Waals surface area (Å²) in [7, 11) is -4.67. The molecule has 0 aromatic rings. The van der Waals surface area contributed by atoms with E-state index in [0.29, 0.717) is 5.41 Å². The van der Waals surface area contributed by atoms with Gasteiger partial charge in [-0.05, 0) is 0 Å². The summed E-state index contributed by atoms with van der Waals surface area (Å²) in [6, 6.07) is 0. The van der Waals surface area contributed by atoms with E-state index in [1.165, 1.54) is 20.8 Å². The molecule has 4 nitrogen and oxygen atoms in total. The van der Waals surface area contributed by atoms with Crippen molar-refractivity contribution in [2.45, 2.75) is 34.6 Å². The van der Waals surface area contributed by atoms with Gasteiger partial charge >= 0.3 is 90.1 Å². The Labute approximate surface area is 108 Å². The second kappa shape index (κ2) is 5.10. The molecule has 6 heteroatoms. The van der Waals surface area contributed by atoms with Crippen molar-refractivity contribution in [1.82, 2.24) is 0 Å². The third kappa shape index (κ3) is 4.11. The summed E-state index contributed by atoms with van der Waals surface area (Å²) >= 11 is 2.25. The van der Waals surface area contributed by atoms with E-state index in [9.17, 15) is 0 Å². The Balaban J connectivity index is 0.000000385. The normalized spacial score (nSPS) is 19.8. The van der Waals surface area contributed by atoms with Crippen molar-refractivity contribution in [3.05, 3.63) is 20.8 Å². The minimum Gasteiger partial charge on any atom is -0.264 e. The Morgan fingerprint density at radius 3 is 1.44 bits per heavy atom. The Morgan fingerprint density at radius 1 is 1.06 bits per heavy atom. The number of hydrogen-bond donors (Lipinski definition) is 2. The zero-order valence-electron chi connectivity index (χ0n) is 9.95. The zero-order valence-corrected chi connectivity index (χ0v) is 13.2. The Kier molecular flexibility index (Phi) is 5.10. The van der Waals surface area contributed by atoms with E-state index < -0.39 is 10.4 Å². The van der Waals surface area contributed by atoms with E-state index in [0.717, 1.165) is 0 Å². The molecule has 0 atom stereocenters. The molecule has 1 aliphatic rings. The van der Waals surface area contributed by atoms with E-state index in [4.69, 9.17) is 17.5 Å². The maximum absolute atomic E-state index is 8.74. The standard InChI is InChI=1S/C10H15.Ir.H2O4S/c1-7-6-10(4,5)9(3)8(7)2;;1-5(2,3)4/h1-5H3;;(H2,1,2,3,4). The molecule has 0 unspecified atom stereocenters. The molecule has 0 aliphatic heterocycles. The topological polar surface area (TPSA) is 74.6 Å². The molecule has 0 aromatic carbocycles. The largest absolute Gasteiger partial charge is 0.394 e. The average Bonchev–Trinajstić information content (AvgIpc) is 2.19. The maximum Gasteiger partial charge on any atom is 0.394 e. The first kappa shape index (κ1) is 16.0. The van der Waals surface area contributed by atoms with Crippen LogP contribution in [0.1, 0.15) is 34.6 Å². The van der Waals surface area contributed by atoms with Crippen LogP contribution in [-0.4, -0.2) is 17.5 Å². The van der Waals surface area contributed by atoms with Crippen molar-refractivity contribution in [3.8, 4) is 0 Å². The van der Waals surface area contributed by atoms with Crippen molar-refractivity contribution in [1.29, 1.82) is 0 Å². The predicted molar refractivity (Wildman–Crippen MR) is 59.0 cm³/mol. The molecule has 2 N–H and O–H groups in total. The van der Waals surface area contributed by atoms with Gasteiger partial charge in [0.1, 0.15) is 0 Å². The minimum absolute atomic E-state index is 0.314. The van der Waals surface area contributed by atoms with Gasteiger partial charge in [-0.15, -0.1) is 0 Å². The second-order valence-corrected chi connectivity index (χ2v) is 6.33. The Bertz CT molecular complexity index is 409. The van der Waals surface area contributed by atoms with E-state index in [2.05, 4.69) is 53.5 Å². The van der Waals surface area contributed by atoms with Crippen molar-refractivity contribution in [2.24, 2.45) is 5.41 Å². The fourth-order valence-electron chi connectivity index (χ4n) is 1.53. The van der Waals surface area contributed by atoms with Gasteiger partial charge in [-0.1, -0.05) is 0 Å². The zero-order chi connectivity index (χ0) is 13.3. The van der Waals surface area contributed by atoms with Crippen LogP contribution in [0.5, 0.6) is 0 Å². The first-order valence-electron chi connectivity index (χ1n) is 4.62. The van der Waals surface area contributed by atoms with Crippen molar-refractivity contribution in [3.63, 3.8) is 0 Å². The predicted octanol–water partition coefficient (Wildman–Crippen LogP) is 2.53. The SMILES string of the molecule is CC1=C(C)C(C)(C)[C]([Ir])=C1C.O=S(=O)(O)O. The monoisotopic (exact) mass is 426 g/mol. The molecule has 0 heterocycles. The van der Waals surface area contributed by atoms with Gasteiger partial charge in [0.2, 0.25) is 0 Å².